The molecule has 0 radical (unpaired) electrons. The van der Waals surface area contributed by atoms with Crippen LogP contribution in [0, 0.1) is 5.41 Å². The Hall–Kier alpha value is -1.75. The van der Waals surface area contributed by atoms with E-state index in [1.54, 1.807) is 16.7 Å². The number of amides is 2. The minimum absolute atomic E-state index is 0.0414. The van der Waals surface area contributed by atoms with Crippen molar-refractivity contribution in [3.63, 3.8) is 0 Å². The average molecular weight is 395 g/mol. The van der Waals surface area contributed by atoms with Crippen LogP contribution in [-0.2, 0) is 9.59 Å². The summed E-state index contributed by atoms with van der Waals surface area (Å²) in [6, 6.07) is 7.83. The Morgan fingerprint density at radius 3 is 2.19 bits per heavy atom. The number of carbonyl (C=O) groups is 2. The van der Waals surface area contributed by atoms with Gasteiger partial charge in [-0.2, -0.15) is 0 Å². The Balaban J connectivity index is 1.95. The molecule has 1 aliphatic heterocycles. The van der Waals surface area contributed by atoms with E-state index in [9.17, 15) is 9.59 Å². The third-order valence-electron chi connectivity index (χ3n) is 4.98. The van der Waals surface area contributed by atoms with Crippen LogP contribution in [0.1, 0.15) is 46.1 Å². The van der Waals surface area contributed by atoms with Crippen LogP contribution in [0.4, 0.5) is 0 Å². The molecule has 0 aliphatic carbocycles. The number of alkyl halides is 1. The predicted molar refractivity (Wildman–Crippen MR) is 108 cm³/mol. The molecular weight excluding hydrogens is 364 g/mol. The number of rotatable bonds is 6. The van der Waals surface area contributed by atoms with Gasteiger partial charge in [0.05, 0.1) is 5.41 Å². The van der Waals surface area contributed by atoms with Crippen molar-refractivity contribution in [1.29, 1.82) is 0 Å². The van der Waals surface area contributed by atoms with Crippen LogP contribution < -0.4 is 4.74 Å². The highest BCUT2D eigenvalue weighted by atomic mass is 35.5. The first-order valence-corrected chi connectivity index (χ1v) is 10.1. The molecule has 5 nitrogen and oxygen atoms in total. The SMILES string of the molecule is CC(Oc1ccccc1C(C)C)C(=O)N1CCN(C(=O)C(C)(C)CCl)CC1. The quantitative estimate of drug-likeness (QED) is 0.693. The van der Waals surface area contributed by atoms with Crippen LogP contribution in [0.15, 0.2) is 24.3 Å². The highest BCUT2D eigenvalue weighted by molar-refractivity contribution is 6.19. The zero-order valence-corrected chi connectivity index (χ0v) is 17.8. The Kier molecular flexibility index (Phi) is 7.15. The molecule has 1 aromatic rings. The van der Waals surface area contributed by atoms with Gasteiger partial charge in [-0.15, -0.1) is 11.6 Å². The van der Waals surface area contributed by atoms with Gasteiger partial charge < -0.3 is 14.5 Å². The molecule has 0 N–H and O–H groups in total. The molecule has 6 heteroatoms. The summed E-state index contributed by atoms with van der Waals surface area (Å²) in [4.78, 5) is 28.9. The van der Waals surface area contributed by atoms with Crippen LogP contribution in [0.5, 0.6) is 5.75 Å². The Morgan fingerprint density at radius 2 is 1.63 bits per heavy atom. The lowest BCUT2D eigenvalue weighted by atomic mass is 9.94. The zero-order valence-electron chi connectivity index (χ0n) is 17.0. The van der Waals surface area contributed by atoms with Crippen molar-refractivity contribution in [2.75, 3.05) is 32.1 Å². The Labute approximate surface area is 167 Å². The molecule has 0 saturated carbocycles. The molecule has 1 aliphatic rings. The van der Waals surface area contributed by atoms with Crippen LogP contribution in [0.3, 0.4) is 0 Å². The highest BCUT2D eigenvalue weighted by Crippen LogP contribution is 2.27. The standard InChI is InChI=1S/C21H31ClN2O3/c1-15(2)17-8-6-7-9-18(17)27-16(3)19(25)23-10-12-24(13-11-23)20(26)21(4,5)14-22/h6-9,15-16H,10-14H2,1-5H3. The molecule has 1 aromatic carbocycles. The number of hydrogen-bond donors (Lipinski definition) is 0. The number of halogens is 1. The van der Waals surface area contributed by atoms with Crippen molar-refractivity contribution in [1.82, 2.24) is 9.80 Å². The van der Waals surface area contributed by atoms with E-state index in [0.717, 1.165) is 11.3 Å². The van der Waals surface area contributed by atoms with Gasteiger partial charge in [-0.25, -0.2) is 0 Å². The number of benzene rings is 1. The number of carbonyl (C=O) groups excluding carboxylic acids is 2. The Morgan fingerprint density at radius 1 is 1.07 bits per heavy atom. The third kappa shape index (κ3) is 5.16. The minimum atomic E-state index is -0.579. The number of nitrogens with zero attached hydrogens (tertiary/aromatic N) is 2. The lowest BCUT2D eigenvalue weighted by Crippen LogP contribution is -2.55. The maximum atomic E-state index is 12.8. The van der Waals surface area contributed by atoms with Gasteiger partial charge in [-0.1, -0.05) is 32.0 Å². The largest absolute Gasteiger partial charge is 0.481 e. The van der Waals surface area contributed by atoms with E-state index in [2.05, 4.69) is 13.8 Å². The summed E-state index contributed by atoms with van der Waals surface area (Å²) < 4.78 is 5.98. The topological polar surface area (TPSA) is 49.9 Å². The maximum Gasteiger partial charge on any atom is 0.263 e. The van der Waals surface area contributed by atoms with Crippen molar-refractivity contribution >= 4 is 23.4 Å². The summed E-state index contributed by atoms with van der Waals surface area (Å²) in [7, 11) is 0. The minimum Gasteiger partial charge on any atom is -0.481 e. The lowest BCUT2D eigenvalue weighted by molar-refractivity contribution is -0.147. The summed E-state index contributed by atoms with van der Waals surface area (Å²) >= 11 is 5.91. The van der Waals surface area contributed by atoms with Gasteiger partial charge in [-0.05, 0) is 38.3 Å². The normalized spacial score (nSPS) is 16.4. The summed E-state index contributed by atoms with van der Waals surface area (Å²) in [6.07, 6.45) is -0.563. The smallest absolute Gasteiger partial charge is 0.263 e. The molecule has 0 aromatic heterocycles. The second-order valence-corrected chi connectivity index (χ2v) is 8.35. The van der Waals surface area contributed by atoms with E-state index in [-0.39, 0.29) is 17.7 Å². The molecule has 150 valence electrons. The van der Waals surface area contributed by atoms with Crippen LogP contribution in [0.2, 0.25) is 0 Å². The number of piperazine rings is 1. The molecule has 2 amide bonds. The summed E-state index contributed by atoms with van der Waals surface area (Å²) in [5.41, 5.74) is 0.515. The lowest BCUT2D eigenvalue weighted by Gasteiger charge is -2.38. The van der Waals surface area contributed by atoms with Crippen molar-refractivity contribution < 1.29 is 14.3 Å². The predicted octanol–water partition coefficient (Wildman–Crippen LogP) is 3.51. The van der Waals surface area contributed by atoms with Crippen molar-refractivity contribution in [3.8, 4) is 5.75 Å². The van der Waals surface area contributed by atoms with Gasteiger partial charge >= 0.3 is 0 Å². The fourth-order valence-electron chi connectivity index (χ4n) is 3.18. The molecule has 1 unspecified atom stereocenters. The van der Waals surface area contributed by atoms with Crippen molar-refractivity contribution in [2.45, 2.75) is 46.6 Å². The van der Waals surface area contributed by atoms with Gasteiger partial charge in [0.1, 0.15) is 5.75 Å². The first kappa shape index (κ1) is 21.5. The zero-order chi connectivity index (χ0) is 20.2. The fraction of sp³-hybridized carbons (Fsp3) is 0.619. The fourth-order valence-corrected chi connectivity index (χ4v) is 3.29. The third-order valence-corrected chi connectivity index (χ3v) is 5.65. The number of para-hydroxylation sites is 1. The molecular formula is C21H31ClN2O3. The molecule has 27 heavy (non-hydrogen) atoms. The van der Waals surface area contributed by atoms with Crippen molar-refractivity contribution in [2.24, 2.45) is 5.41 Å². The molecule has 2 rings (SSSR count). The van der Waals surface area contributed by atoms with Crippen molar-refractivity contribution in [3.05, 3.63) is 29.8 Å². The average Bonchev–Trinajstić information content (AvgIpc) is 2.67. The van der Waals surface area contributed by atoms with E-state index in [1.807, 2.05) is 38.1 Å². The summed E-state index contributed by atoms with van der Waals surface area (Å²) in [5.74, 6) is 1.36. The first-order valence-electron chi connectivity index (χ1n) is 9.57. The van der Waals surface area contributed by atoms with E-state index in [0.29, 0.717) is 32.1 Å². The van der Waals surface area contributed by atoms with Crippen LogP contribution in [-0.4, -0.2) is 59.8 Å². The van der Waals surface area contributed by atoms with Crippen LogP contribution in [0.25, 0.3) is 0 Å². The van der Waals surface area contributed by atoms with Gasteiger partial charge in [0.2, 0.25) is 5.91 Å². The molecule has 0 spiro atoms. The molecule has 1 heterocycles. The number of hydrogen-bond acceptors (Lipinski definition) is 3. The highest BCUT2D eigenvalue weighted by Gasteiger charge is 2.34. The van der Waals surface area contributed by atoms with Gasteiger partial charge in [0.25, 0.3) is 5.91 Å². The Bertz CT molecular complexity index is 667. The summed E-state index contributed by atoms with van der Waals surface area (Å²) in [5, 5.41) is 0. The van der Waals surface area contributed by atoms with E-state index in [1.165, 1.54) is 0 Å². The van der Waals surface area contributed by atoms with E-state index < -0.39 is 11.5 Å². The van der Waals surface area contributed by atoms with Gasteiger partial charge in [0, 0.05) is 32.1 Å². The first-order chi connectivity index (χ1) is 12.7. The second kappa shape index (κ2) is 8.96. The van der Waals surface area contributed by atoms with E-state index >= 15 is 0 Å². The molecule has 0 bridgehead atoms. The summed E-state index contributed by atoms with van der Waals surface area (Å²) in [6.45, 7) is 11.8. The maximum absolute atomic E-state index is 12.8. The second-order valence-electron chi connectivity index (χ2n) is 8.09. The molecule has 1 saturated heterocycles. The monoisotopic (exact) mass is 394 g/mol. The van der Waals surface area contributed by atoms with Gasteiger partial charge in [-0.3, -0.25) is 9.59 Å². The molecule has 1 fully saturated rings. The number of ether oxygens (including phenoxy) is 1. The van der Waals surface area contributed by atoms with Gasteiger partial charge in [0.15, 0.2) is 6.10 Å². The van der Waals surface area contributed by atoms with Crippen LogP contribution >= 0.6 is 11.6 Å². The molecule has 1 atom stereocenters. The van der Waals surface area contributed by atoms with E-state index in [4.69, 9.17) is 16.3 Å².